The fourth-order valence-electron chi connectivity index (χ4n) is 2.47. The molecule has 0 radical (unpaired) electrons. The molecule has 0 atom stereocenters. The van der Waals surface area contributed by atoms with E-state index in [1.165, 1.54) is 5.56 Å². The normalized spacial score (nSPS) is 16.8. The molecule has 0 bridgehead atoms. The number of Topliss-reactive ketones (excluding diaryl/α,β-unsaturated/α-hetero) is 1. The second-order valence-electron chi connectivity index (χ2n) is 5.36. The SMILES string of the molecule is Cc1ccc(C(=O)CCN(C)C2CCOCC2)cc1. The van der Waals surface area contributed by atoms with Crippen LogP contribution in [-0.4, -0.2) is 43.5 Å². The van der Waals surface area contributed by atoms with E-state index in [0.717, 1.165) is 38.2 Å². The Morgan fingerprint density at radius 1 is 1.26 bits per heavy atom. The number of rotatable bonds is 5. The summed E-state index contributed by atoms with van der Waals surface area (Å²) in [6, 6.07) is 8.41. The average Bonchev–Trinajstić information content (AvgIpc) is 2.46. The van der Waals surface area contributed by atoms with Crippen LogP contribution < -0.4 is 0 Å². The Morgan fingerprint density at radius 2 is 1.89 bits per heavy atom. The third-order valence-electron chi connectivity index (χ3n) is 3.88. The number of carbonyl (C=O) groups excluding carboxylic acids is 1. The van der Waals surface area contributed by atoms with Gasteiger partial charge in [-0.15, -0.1) is 0 Å². The quantitative estimate of drug-likeness (QED) is 0.763. The maximum Gasteiger partial charge on any atom is 0.164 e. The first kappa shape index (κ1) is 14.2. The van der Waals surface area contributed by atoms with Crippen LogP contribution in [0.1, 0.15) is 35.2 Å². The standard InChI is InChI=1S/C16H23NO2/c1-13-3-5-14(6-4-13)16(18)7-10-17(2)15-8-11-19-12-9-15/h3-6,15H,7-12H2,1-2H3. The molecule has 3 heteroatoms. The second kappa shape index (κ2) is 6.83. The van der Waals surface area contributed by atoms with E-state index in [0.29, 0.717) is 12.5 Å². The fourth-order valence-corrected chi connectivity index (χ4v) is 2.47. The minimum absolute atomic E-state index is 0.235. The molecule has 0 unspecified atom stereocenters. The van der Waals surface area contributed by atoms with Gasteiger partial charge in [0.15, 0.2) is 5.78 Å². The van der Waals surface area contributed by atoms with Gasteiger partial charge in [-0.25, -0.2) is 0 Å². The van der Waals surface area contributed by atoms with E-state index >= 15 is 0 Å². The number of benzene rings is 1. The molecule has 1 saturated heterocycles. The fraction of sp³-hybridized carbons (Fsp3) is 0.562. The van der Waals surface area contributed by atoms with Crippen molar-refractivity contribution in [3.63, 3.8) is 0 Å². The summed E-state index contributed by atoms with van der Waals surface area (Å²) in [5.41, 5.74) is 2.02. The molecular weight excluding hydrogens is 238 g/mol. The van der Waals surface area contributed by atoms with Crippen LogP contribution in [-0.2, 0) is 4.74 Å². The highest BCUT2D eigenvalue weighted by Crippen LogP contribution is 2.14. The zero-order valence-electron chi connectivity index (χ0n) is 11.9. The van der Waals surface area contributed by atoms with Gasteiger partial charge in [0.05, 0.1) is 0 Å². The molecule has 1 aromatic rings. The van der Waals surface area contributed by atoms with Crippen molar-refractivity contribution in [3.8, 4) is 0 Å². The van der Waals surface area contributed by atoms with Gasteiger partial charge >= 0.3 is 0 Å². The molecule has 104 valence electrons. The van der Waals surface area contributed by atoms with E-state index in [9.17, 15) is 4.79 Å². The summed E-state index contributed by atoms with van der Waals surface area (Å²) in [5, 5.41) is 0. The van der Waals surface area contributed by atoms with Crippen LogP contribution in [0.5, 0.6) is 0 Å². The summed E-state index contributed by atoms with van der Waals surface area (Å²) in [4.78, 5) is 14.4. The smallest absolute Gasteiger partial charge is 0.164 e. The first-order valence-corrected chi connectivity index (χ1v) is 7.04. The van der Waals surface area contributed by atoms with E-state index in [2.05, 4.69) is 11.9 Å². The van der Waals surface area contributed by atoms with Gasteiger partial charge in [-0.3, -0.25) is 4.79 Å². The highest BCUT2D eigenvalue weighted by molar-refractivity contribution is 5.96. The number of hydrogen-bond donors (Lipinski definition) is 0. The summed E-state index contributed by atoms with van der Waals surface area (Å²) in [5.74, 6) is 0.235. The van der Waals surface area contributed by atoms with Crippen LogP contribution >= 0.6 is 0 Å². The lowest BCUT2D eigenvalue weighted by atomic mass is 10.0. The van der Waals surface area contributed by atoms with Crippen LogP contribution in [0.3, 0.4) is 0 Å². The highest BCUT2D eigenvalue weighted by atomic mass is 16.5. The molecule has 1 fully saturated rings. The third-order valence-corrected chi connectivity index (χ3v) is 3.88. The van der Waals surface area contributed by atoms with Crippen LogP contribution in [0.2, 0.25) is 0 Å². The summed E-state index contributed by atoms with van der Waals surface area (Å²) in [6.45, 7) is 4.56. The van der Waals surface area contributed by atoms with Gasteiger partial charge in [-0.1, -0.05) is 29.8 Å². The number of nitrogens with zero attached hydrogens (tertiary/aromatic N) is 1. The molecule has 0 aromatic heterocycles. The monoisotopic (exact) mass is 261 g/mol. The zero-order valence-corrected chi connectivity index (χ0v) is 11.9. The predicted molar refractivity (Wildman–Crippen MR) is 76.6 cm³/mol. The average molecular weight is 261 g/mol. The van der Waals surface area contributed by atoms with Crippen molar-refractivity contribution in [1.29, 1.82) is 0 Å². The van der Waals surface area contributed by atoms with Crippen molar-refractivity contribution >= 4 is 5.78 Å². The molecular formula is C16H23NO2. The summed E-state index contributed by atoms with van der Waals surface area (Å²) in [7, 11) is 2.11. The minimum Gasteiger partial charge on any atom is -0.381 e. The van der Waals surface area contributed by atoms with Crippen molar-refractivity contribution in [1.82, 2.24) is 4.90 Å². The lowest BCUT2D eigenvalue weighted by molar-refractivity contribution is 0.0425. The van der Waals surface area contributed by atoms with Gasteiger partial charge in [-0.2, -0.15) is 0 Å². The number of carbonyl (C=O) groups is 1. The number of ketones is 1. The van der Waals surface area contributed by atoms with Crippen LogP contribution in [0.25, 0.3) is 0 Å². The van der Waals surface area contributed by atoms with Crippen molar-refractivity contribution in [2.24, 2.45) is 0 Å². The Hall–Kier alpha value is -1.19. The van der Waals surface area contributed by atoms with Crippen molar-refractivity contribution in [2.75, 3.05) is 26.8 Å². The second-order valence-corrected chi connectivity index (χ2v) is 5.36. The Morgan fingerprint density at radius 3 is 2.53 bits per heavy atom. The Kier molecular flexibility index (Phi) is 5.11. The topological polar surface area (TPSA) is 29.5 Å². The van der Waals surface area contributed by atoms with Crippen molar-refractivity contribution < 1.29 is 9.53 Å². The first-order valence-electron chi connectivity index (χ1n) is 7.04. The lowest BCUT2D eigenvalue weighted by Gasteiger charge is -2.30. The van der Waals surface area contributed by atoms with Crippen molar-refractivity contribution in [2.45, 2.75) is 32.2 Å². The molecule has 2 rings (SSSR count). The van der Waals surface area contributed by atoms with Gasteiger partial charge in [0, 0.05) is 37.8 Å². The summed E-state index contributed by atoms with van der Waals surface area (Å²) in [6.07, 6.45) is 2.75. The Balaban J connectivity index is 1.81. The van der Waals surface area contributed by atoms with E-state index in [-0.39, 0.29) is 5.78 Å². The lowest BCUT2D eigenvalue weighted by Crippen LogP contribution is -2.37. The molecule has 1 aromatic carbocycles. The van der Waals surface area contributed by atoms with Crippen LogP contribution in [0.4, 0.5) is 0 Å². The van der Waals surface area contributed by atoms with Gasteiger partial charge in [0.25, 0.3) is 0 Å². The van der Waals surface area contributed by atoms with Gasteiger partial charge in [0.2, 0.25) is 0 Å². The minimum atomic E-state index is 0.235. The molecule has 3 nitrogen and oxygen atoms in total. The van der Waals surface area contributed by atoms with Crippen LogP contribution in [0, 0.1) is 6.92 Å². The third kappa shape index (κ3) is 4.15. The Bertz CT molecular complexity index is 407. The van der Waals surface area contributed by atoms with Gasteiger partial charge < -0.3 is 9.64 Å². The molecule has 0 amide bonds. The van der Waals surface area contributed by atoms with E-state index in [4.69, 9.17) is 4.74 Å². The number of aryl methyl sites for hydroxylation is 1. The number of ether oxygens (including phenoxy) is 1. The molecule has 1 heterocycles. The largest absolute Gasteiger partial charge is 0.381 e. The summed E-state index contributed by atoms with van der Waals surface area (Å²) >= 11 is 0. The van der Waals surface area contributed by atoms with Gasteiger partial charge in [0.1, 0.15) is 0 Å². The van der Waals surface area contributed by atoms with Gasteiger partial charge in [-0.05, 0) is 26.8 Å². The predicted octanol–water partition coefficient (Wildman–Crippen LogP) is 2.68. The Labute approximate surface area is 115 Å². The van der Waals surface area contributed by atoms with E-state index in [1.807, 2.05) is 31.2 Å². The maximum absolute atomic E-state index is 12.1. The van der Waals surface area contributed by atoms with Crippen LogP contribution in [0.15, 0.2) is 24.3 Å². The summed E-state index contributed by atoms with van der Waals surface area (Å²) < 4.78 is 5.36. The maximum atomic E-state index is 12.1. The molecule has 1 aliphatic heterocycles. The van der Waals surface area contributed by atoms with E-state index < -0.39 is 0 Å². The zero-order chi connectivity index (χ0) is 13.7. The molecule has 19 heavy (non-hydrogen) atoms. The van der Waals surface area contributed by atoms with E-state index in [1.54, 1.807) is 0 Å². The molecule has 0 saturated carbocycles. The molecule has 0 spiro atoms. The molecule has 1 aliphatic rings. The van der Waals surface area contributed by atoms with Crippen molar-refractivity contribution in [3.05, 3.63) is 35.4 Å². The highest BCUT2D eigenvalue weighted by Gasteiger charge is 2.18. The number of hydrogen-bond acceptors (Lipinski definition) is 3. The first-order chi connectivity index (χ1) is 9.16. The molecule has 0 N–H and O–H groups in total. The molecule has 0 aliphatic carbocycles.